The number of nitrogens with one attached hydrogen (secondary N) is 3. The van der Waals surface area contributed by atoms with Gasteiger partial charge in [-0.25, -0.2) is 19.6 Å². The molecule has 1 aromatic heterocycles. The molecule has 5 rings (SSSR count). The molecule has 0 bridgehead atoms. The number of carbonyl (C=O) groups excluding carboxylic acids is 4. The van der Waals surface area contributed by atoms with Crippen molar-refractivity contribution < 1.29 is 23.9 Å². The van der Waals surface area contributed by atoms with Crippen molar-refractivity contribution >= 4 is 29.8 Å². The number of amides is 5. The highest BCUT2D eigenvalue weighted by Crippen LogP contribution is 2.24. The van der Waals surface area contributed by atoms with Crippen LogP contribution in [0.5, 0.6) is 0 Å². The molecule has 12 nitrogen and oxygen atoms in total. The van der Waals surface area contributed by atoms with E-state index in [9.17, 15) is 19.2 Å². The molecule has 1 atom stereocenters. The standard InChI is InChI=1S/C31H41N7O5/c1-31(2,3)43-30(42)38-14-6-9-24(38)27(39)34-19-20-10-15-37(16-11-20)29(41)36-26-25(32-12-13-33-26)28(40)35-23-17-21-7-4-5-8-22(21)18-23/h4-5,7-8,12-13,20,23-24H,6,9-11,14-19H2,1-3H3,(H,34,39)(H,35,40)(H,33,36,41)/t24-/m0/s1. The molecular weight excluding hydrogens is 550 g/mol. The number of rotatable bonds is 6. The molecule has 2 aromatic rings. The molecule has 0 radical (unpaired) electrons. The zero-order chi connectivity index (χ0) is 30.6. The zero-order valence-electron chi connectivity index (χ0n) is 25.1. The van der Waals surface area contributed by atoms with Crippen molar-refractivity contribution in [1.82, 2.24) is 30.4 Å². The van der Waals surface area contributed by atoms with E-state index < -0.39 is 17.7 Å². The predicted molar refractivity (Wildman–Crippen MR) is 159 cm³/mol. The van der Waals surface area contributed by atoms with Gasteiger partial charge in [-0.15, -0.1) is 0 Å². The van der Waals surface area contributed by atoms with E-state index in [1.54, 1.807) is 4.90 Å². The first-order chi connectivity index (χ1) is 20.6. The fourth-order valence-corrected chi connectivity index (χ4v) is 5.97. The molecule has 3 heterocycles. The highest BCUT2D eigenvalue weighted by atomic mass is 16.6. The van der Waals surface area contributed by atoms with Crippen LogP contribution in [-0.2, 0) is 22.4 Å². The molecule has 230 valence electrons. The minimum atomic E-state index is -0.620. The van der Waals surface area contributed by atoms with E-state index in [0.717, 1.165) is 19.3 Å². The van der Waals surface area contributed by atoms with Crippen molar-refractivity contribution in [3.05, 3.63) is 53.5 Å². The van der Waals surface area contributed by atoms with Crippen LogP contribution in [0.3, 0.4) is 0 Å². The number of fused-ring (bicyclic) bond motifs is 1. The van der Waals surface area contributed by atoms with Crippen LogP contribution in [0, 0.1) is 5.92 Å². The third-order valence-electron chi connectivity index (χ3n) is 8.18. The summed E-state index contributed by atoms with van der Waals surface area (Å²) in [6.07, 6.45) is 6.72. The van der Waals surface area contributed by atoms with Crippen molar-refractivity contribution in [3.8, 4) is 0 Å². The summed E-state index contributed by atoms with van der Waals surface area (Å²) in [5.74, 6) is -0.208. The molecule has 0 spiro atoms. The minimum absolute atomic E-state index is 0.0379. The van der Waals surface area contributed by atoms with Crippen molar-refractivity contribution in [1.29, 1.82) is 0 Å². The Balaban J connectivity index is 1.07. The molecule has 0 unspecified atom stereocenters. The number of benzene rings is 1. The Bertz CT molecular complexity index is 1330. The minimum Gasteiger partial charge on any atom is -0.444 e. The number of ether oxygens (including phenoxy) is 1. The molecule has 3 aliphatic rings. The molecule has 0 saturated carbocycles. The van der Waals surface area contributed by atoms with E-state index in [4.69, 9.17) is 4.74 Å². The van der Waals surface area contributed by atoms with Crippen LogP contribution in [0.15, 0.2) is 36.7 Å². The number of likely N-dealkylation sites (tertiary alicyclic amines) is 2. The van der Waals surface area contributed by atoms with Crippen molar-refractivity contribution in [2.75, 3.05) is 31.5 Å². The van der Waals surface area contributed by atoms with Gasteiger partial charge >= 0.3 is 12.1 Å². The maximum atomic E-state index is 13.1. The van der Waals surface area contributed by atoms with Gasteiger partial charge in [-0.05, 0) is 76.3 Å². The Morgan fingerprint density at radius 1 is 0.953 bits per heavy atom. The SMILES string of the molecule is CC(C)(C)OC(=O)N1CCC[C@H]1C(=O)NCC1CCN(C(=O)Nc2nccnc2C(=O)NC2Cc3ccccc3C2)CC1. The van der Waals surface area contributed by atoms with Crippen molar-refractivity contribution in [2.45, 2.75) is 77.0 Å². The number of hydrogen-bond donors (Lipinski definition) is 3. The first-order valence-electron chi connectivity index (χ1n) is 15.1. The topological polar surface area (TPSA) is 146 Å². The lowest BCUT2D eigenvalue weighted by molar-refractivity contribution is -0.125. The van der Waals surface area contributed by atoms with Crippen molar-refractivity contribution in [2.24, 2.45) is 5.92 Å². The van der Waals surface area contributed by atoms with Crippen LogP contribution < -0.4 is 16.0 Å². The van der Waals surface area contributed by atoms with Crippen molar-refractivity contribution in [3.63, 3.8) is 0 Å². The average molecular weight is 592 g/mol. The molecule has 43 heavy (non-hydrogen) atoms. The van der Waals surface area contributed by atoms with Gasteiger partial charge in [-0.1, -0.05) is 24.3 Å². The molecule has 1 aliphatic carbocycles. The molecule has 2 saturated heterocycles. The molecule has 1 aromatic carbocycles. The van der Waals surface area contributed by atoms with Crippen LogP contribution in [0.2, 0.25) is 0 Å². The average Bonchev–Trinajstić information content (AvgIpc) is 3.63. The molecule has 2 aliphatic heterocycles. The second kappa shape index (κ2) is 13.0. The Morgan fingerprint density at radius 3 is 2.30 bits per heavy atom. The number of piperidine rings is 1. The molecule has 5 amide bonds. The maximum Gasteiger partial charge on any atom is 0.410 e. The summed E-state index contributed by atoms with van der Waals surface area (Å²) in [5, 5.41) is 8.81. The lowest BCUT2D eigenvalue weighted by atomic mass is 9.97. The maximum absolute atomic E-state index is 13.1. The van der Waals surface area contributed by atoms with Gasteiger partial charge in [-0.3, -0.25) is 19.8 Å². The highest BCUT2D eigenvalue weighted by molar-refractivity contribution is 6.00. The number of carbonyl (C=O) groups is 4. The smallest absolute Gasteiger partial charge is 0.410 e. The highest BCUT2D eigenvalue weighted by Gasteiger charge is 2.37. The lowest BCUT2D eigenvalue weighted by Crippen LogP contribution is -2.49. The van der Waals surface area contributed by atoms with Gasteiger partial charge in [0.2, 0.25) is 5.91 Å². The summed E-state index contributed by atoms with van der Waals surface area (Å²) in [4.78, 5) is 63.2. The van der Waals surface area contributed by atoms with Gasteiger partial charge in [0.25, 0.3) is 5.91 Å². The van der Waals surface area contributed by atoms with Crippen LogP contribution in [0.1, 0.15) is 68.1 Å². The monoisotopic (exact) mass is 591 g/mol. The molecule has 2 fully saturated rings. The summed E-state index contributed by atoms with van der Waals surface area (Å²) in [6, 6.07) is 7.23. The third-order valence-corrected chi connectivity index (χ3v) is 8.18. The van der Waals surface area contributed by atoms with Crippen LogP contribution in [0.25, 0.3) is 0 Å². The van der Waals surface area contributed by atoms with E-state index in [1.807, 2.05) is 32.9 Å². The number of nitrogens with zero attached hydrogens (tertiary/aromatic N) is 4. The summed E-state index contributed by atoms with van der Waals surface area (Å²) >= 11 is 0. The summed E-state index contributed by atoms with van der Waals surface area (Å²) in [7, 11) is 0. The quantitative estimate of drug-likeness (QED) is 0.468. The number of anilines is 1. The van der Waals surface area contributed by atoms with Crippen LogP contribution in [-0.4, -0.2) is 87.6 Å². The largest absolute Gasteiger partial charge is 0.444 e. The fraction of sp³-hybridized carbons (Fsp3) is 0.548. The van der Waals surface area contributed by atoms with Crippen LogP contribution in [0.4, 0.5) is 15.4 Å². The molecule has 12 heteroatoms. The summed E-state index contributed by atoms with van der Waals surface area (Å²) < 4.78 is 5.47. The van der Waals surface area contributed by atoms with Gasteiger partial charge in [0.05, 0.1) is 0 Å². The van der Waals surface area contributed by atoms with E-state index in [1.165, 1.54) is 28.4 Å². The Labute approximate surface area is 252 Å². The normalized spacial score (nSPS) is 19.1. The molecule has 3 N–H and O–H groups in total. The fourth-order valence-electron chi connectivity index (χ4n) is 5.97. The Hall–Kier alpha value is -4.22. The van der Waals surface area contributed by atoms with E-state index >= 15 is 0 Å². The van der Waals surface area contributed by atoms with Gasteiger partial charge in [0.15, 0.2) is 11.5 Å². The van der Waals surface area contributed by atoms with Gasteiger partial charge in [0.1, 0.15) is 11.6 Å². The third kappa shape index (κ3) is 7.60. The summed E-state index contributed by atoms with van der Waals surface area (Å²) in [6.45, 7) is 7.41. The first kappa shape index (κ1) is 30.2. The summed E-state index contributed by atoms with van der Waals surface area (Å²) in [5.41, 5.74) is 1.91. The Morgan fingerprint density at radius 2 is 1.63 bits per heavy atom. The Kier molecular flexibility index (Phi) is 9.12. The number of urea groups is 1. The van der Waals surface area contributed by atoms with Gasteiger partial charge < -0.3 is 20.3 Å². The van der Waals surface area contributed by atoms with E-state index in [2.05, 4.69) is 38.1 Å². The van der Waals surface area contributed by atoms with Gasteiger partial charge in [0, 0.05) is 44.6 Å². The first-order valence-corrected chi connectivity index (χ1v) is 15.1. The van der Waals surface area contributed by atoms with Crippen LogP contribution >= 0.6 is 0 Å². The predicted octanol–water partition coefficient (Wildman–Crippen LogP) is 3.13. The number of hydrogen-bond acceptors (Lipinski definition) is 7. The second-order valence-electron chi connectivity index (χ2n) is 12.5. The molecular formula is C31H41N7O5. The zero-order valence-corrected chi connectivity index (χ0v) is 25.1. The van der Waals surface area contributed by atoms with E-state index in [-0.39, 0.29) is 41.3 Å². The van der Waals surface area contributed by atoms with E-state index in [0.29, 0.717) is 45.4 Å². The lowest BCUT2D eigenvalue weighted by Gasteiger charge is -2.32. The number of aromatic nitrogens is 2. The second-order valence-corrected chi connectivity index (χ2v) is 12.5. The van der Waals surface area contributed by atoms with Gasteiger partial charge in [-0.2, -0.15) is 0 Å².